The Bertz CT molecular complexity index is 1160. The number of halogens is 1. The highest BCUT2D eigenvalue weighted by atomic mass is 35.5. The quantitative estimate of drug-likeness (QED) is 0.260. The maximum Gasteiger partial charge on any atom is 0.139 e. The Morgan fingerprint density at radius 1 is 1.03 bits per heavy atom. The Morgan fingerprint density at radius 3 is 2.46 bits per heavy atom. The summed E-state index contributed by atoms with van der Waals surface area (Å²) in [7, 11) is 3.11. The van der Waals surface area contributed by atoms with Crippen LogP contribution >= 0.6 is 11.6 Å². The van der Waals surface area contributed by atoms with Crippen molar-refractivity contribution >= 4 is 39.1 Å². The molecule has 0 aliphatic heterocycles. The Balaban J connectivity index is 1.13. The molecule has 1 fully saturated rings. The molecular weight excluding hydrogens is 500 g/mol. The van der Waals surface area contributed by atoms with Crippen LogP contribution in [-0.2, 0) is 17.2 Å². The molecule has 1 aliphatic rings. The van der Waals surface area contributed by atoms with Crippen LogP contribution in [0.4, 0.5) is 5.82 Å². The maximum atomic E-state index is 12.7. The average Bonchev–Trinajstić information content (AvgIpc) is 2.91. The lowest BCUT2D eigenvalue weighted by atomic mass is 9.80. The summed E-state index contributed by atoms with van der Waals surface area (Å²) in [6.07, 6.45) is 9.54. The molecular formula is C30H41ClN4OS. The number of aromatic nitrogens is 2. The molecule has 3 aromatic rings. The minimum Gasteiger partial charge on any atom is -0.362 e. The van der Waals surface area contributed by atoms with Gasteiger partial charge in [-0.1, -0.05) is 49.9 Å². The topological polar surface area (TPSA) is 58.1 Å². The minimum absolute atomic E-state index is 0.129. The zero-order chi connectivity index (χ0) is 26.2. The first-order chi connectivity index (χ1) is 17.9. The van der Waals surface area contributed by atoms with E-state index < -0.39 is 10.8 Å². The lowest BCUT2D eigenvalue weighted by Gasteiger charge is -2.29. The number of hydrogen-bond donors (Lipinski definition) is 1. The molecule has 5 nitrogen and oxygen atoms in total. The van der Waals surface area contributed by atoms with Crippen molar-refractivity contribution < 1.29 is 4.21 Å². The van der Waals surface area contributed by atoms with Crippen molar-refractivity contribution in [3.8, 4) is 0 Å². The Labute approximate surface area is 229 Å². The standard InChI is InChI=1S/C30H41ClN4OS/c1-22(37(36)26-17-15-25(31)16-18-26)19-20-32-21-24-13-11-23(12-14-24)7-6-10-29-33-28-9-5-4-8-27(28)30(34-29)35(2)3/h4-5,8-9,15-18,22-24,32H,6-7,10-14,19-21H2,1-3H3. The molecule has 2 unspecified atom stereocenters. The number of anilines is 1. The fraction of sp³-hybridized carbons (Fsp3) is 0.533. The van der Waals surface area contributed by atoms with E-state index in [1.54, 1.807) is 0 Å². The van der Waals surface area contributed by atoms with Gasteiger partial charge in [-0.25, -0.2) is 9.97 Å². The lowest BCUT2D eigenvalue weighted by Crippen LogP contribution is -2.29. The van der Waals surface area contributed by atoms with E-state index in [4.69, 9.17) is 21.6 Å². The van der Waals surface area contributed by atoms with E-state index in [-0.39, 0.29) is 5.25 Å². The fourth-order valence-corrected chi connectivity index (χ4v) is 6.68. The van der Waals surface area contributed by atoms with Gasteiger partial charge in [-0.2, -0.15) is 0 Å². The van der Waals surface area contributed by atoms with Gasteiger partial charge in [0.15, 0.2) is 0 Å². The molecule has 0 radical (unpaired) electrons. The minimum atomic E-state index is -0.988. The van der Waals surface area contributed by atoms with Crippen LogP contribution in [-0.4, -0.2) is 46.6 Å². The van der Waals surface area contributed by atoms with Gasteiger partial charge in [0.05, 0.1) is 16.3 Å². The third-order valence-electron chi connectivity index (χ3n) is 7.60. The first-order valence-electron chi connectivity index (χ1n) is 13.7. The zero-order valence-corrected chi connectivity index (χ0v) is 24.0. The molecule has 1 aliphatic carbocycles. The molecule has 1 heterocycles. The number of nitrogens with zero attached hydrogens (tertiary/aromatic N) is 3. The van der Waals surface area contributed by atoms with Crippen molar-refractivity contribution in [2.45, 2.75) is 68.4 Å². The first-order valence-corrected chi connectivity index (χ1v) is 15.3. The molecule has 200 valence electrons. The number of aryl methyl sites for hydroxylation is 1. The van der Waals surface area contributed by atoms with E-state index in [0.717, 1.165) is 71.6 Å². The molecule has 1 saturated carbocycles. The predicted molar refractivity (Wildman–Crippen MR) is 157 cm³/mol. The fourth-order valence-electron chi connectivity index (χ4n) is 5.35. The summed E-state index contributed by atoms with van der Waals surface area (Å²) >= 11 is 5.95. The molecule has 0 amide bonds. The highest BCUT2D eigenvalue weighted by Gasteiger charge is 2.21. The van der Waals surface area contributed by atoms with Gasteiger partial charge < -0.3 is 10.2 Å². The van der Waals surface area contributed by atoms with Crippen LogP contribution in [0.1, 0.15) is 57.7 Å². The first kappa shape index (κ1) is 28.0. The summed E-state index contributed by atoms with van der Waals surface area (Å²) in [4.78, 5) is 12.6. The summed E-state index contributed by atoms with van der Waals surface area (Å²) in [6, 6.07) is 15.7. The largest absolute Gasteiger partial charge is 0.362 e. The number of hydrogen-bond acceptors (Lipinski definition) is 5. The van der Waals surface area contributed by atoms with Gasteiger partial charge in [-0.3, -0.25) is 4.21 Å². The van der Waals surface area contributed by atoms with Crippen molar-refractivity contribution in [2.75, 3.05) is 32.1 Å². The number of nitrogens with one attached hydrogen (secondary N) is 1. The van der Waals surface area contributed by atoms with E-state index in [1.165, 1.54) is 32.1 Å². The van der Waals surface area contributed by atoms with Gasteiger partial charge in [0, 0.05) is 41.1 Å². The number of benzene rings is 2. The average molecular weight is 541 g/mol. The Morgan fingerprint density at radius 2 is 1.73 bits per heavy atom. The van der Waals surface area contributed by atoms with Crippen LogP contribution < -0.4 is 10.2 Å². The molecule has 2 atom stereocenters. The SMILES string of the molecule is CC(CCNCC1CCC(CCCc2nc(N(C)C)c3ccccc3n2)CC1)S(=O)c1ccc(Cl)cc1. The van der Waals surface area contributed by atoms with Crippen LogP contribution in [0, 0.1) is 11.8 Å². The summed E-state index contributed by atoms with van der Waals surface area (Å²) in [5.74, 6) is 3.57. The summed E-state index contributed by atoms with van der Waals surface area (Å²) in [5, 5.41) is 5.56. The smallest absolute Gasteiger partial charge is 0.139 e. The van der Waals surface area contributed by atoms with Crippen LogP contribution in [0.15, 0.2) is 53.4 Å². The molecule has 37 heavy (non-hydrogen) atoms. The van der Waals surface area contributed by atoms with Gasteiger partial charge in [0.25, 0.3) is 0 Å². The highest BCUT2D eigenvalue weighted by Crippen LogP contribution is 2.32. The Hall–Kier alpha value is -2.02. The van der Waals surface area contributed by atoms with Gasteiger partial charge >= 0.3 is 0 Å². The van der Waals surface area contributed by atoms with Gasteiger partial charge in [0.2, 0.25) is 0 Å². The number of fused-ring (bicyclic) bond motifs is 1. The molecule has 4 rings (SSSR count). The van der Waals surface area contributed by atoms with Gasteiger partial charge in [-0.15, -0.1) is 0 Å². The summed E-state index contributed by atoms with van der Waals surface area (Å²) in [5.41, 5.74) is 1.04. The van der Waals surface area contributed by atoms with E-state index in [1.807, 2.05) is 24.3 Å². The van der Waals surface area contributed by atoms with Crippen molar-refractivity contribution in [3.63, 3.8) is 0 Å². The number of rotatable bonds is 12. The number of para-hydroxylation sites is 1. The highest BCUT2D eigenvalue weighted by molar-refractivity contribution is 7.85. The second-order valence-corrected chi connectivity index (χ2v) is 13.0. The van der Waals surface area contributed by atoms with E-state index >= 15 is 0 Å². The van der Waals surface area contributed by atoms with Crippen molar-refractivity contribution in [3.05, 3.63) is 59.4 Å². The molecule has 0 bridgehead atoms. The van der Waals surface area contributed by atoms with Crippen LogP contribution in [0.25, 0.3) is 10.9 Å². The summed E-state index contributed by atoms with van der Waals surface area (Å²) in [6.45, 7) is 4.06. The van der Waals surface area contributed by atoms with E-state index in [0.29, 0.717) is 5.02 Å². The monoisotopic (exact) mass is 540 g/mol. The molecule has 0 saturated heterocycles. The van der Waals surface area contributed by atoms with Crippen molar-refractivity contribution in [2.24, 2.45) is 11.8 Å². The maximum absolute atomic E-state index is 12.7. The normalized spacial score (nSPS) is 19.6. The van der Waals surface area contributed by atoms with Crippen molar-refractivity contribution in [1.29, 1.82) is 0 Å². The lowest BCUT2D eigenvalue weighted by molar-refractivity contribution is 0.254. The molecule has 1 N–H and O–H groups in total. The second kappa shape index (κ2) is 13.7. The van der Waals surface area contributed by atoms with Gasteiger partial charge in [-0.05, 0) is 87.0 Å². The van der Waals surface area contributed by atoms with E-state index in [2.05, 4.69) is 55.5 Å². The Kier molecular flexibility index (Phi) is 10.4. The predicted octanol–water partition coefficient (Wildman–Crippen LogP) is 6.65. The van der Waals surface area contributed by atoms with Crippen LogP contribution in [0.2, 0.25) is 5.02 Å². The molecule has 7 heteroatoms. The summed E-state index contributed by atoms with van der Waals surface area (Å²) < 4.78 is 12.7. The third-order valence-corrected chi connectivity index (χ3v) is 9.56. The van der Waals surface area contributed by atoms with Gasteiger partial charge in [0.1, 0.15) is 11.6 Å². The third kappa shape index (κ3) is 7.98. The molecule has 2 aromatic carbocycles. The molecule has 1 aromatic heterocycles. The zero-order valence-electron chi connectivity index (χ0n) is 22.5. The molecule has 0 spiro atoms. The van der Waals surface area contributed by atoms with Crippen molar-refractivity contribution in [1.82, 2.24) is 15.3 Å². The van der Waals surface area contributed by atoms with Crippen LogP contribution in [0.5, 0.6) is 0 Å². The van der Waals surface area contributed by atoms with Crippen LogP contribution in [0.3, 0.4) is 0 Å². The van der Waals surface area contributed by atoms with E-state index in [9.17, 15) is 4.21 Å². The second-order valence-electron chi connectivity index (χ2n) is 10.7.